The van der Waals surface area contributed by atoms with Gasteiger partial charge in [-0.2, -0.15) is 0 Å². The third-order valence-corrected chi connectivity index (χ3v) is 4.64. The van der Waals surface area contributed by atoms with Gasteiger partial charge in [0.1, 0.15) is 0 Å². The fraction of sp³-hybridized carbons (Fsp3) is 0.300. The lowest BCUT2D eigenvalue weighted by atomic mass is 10.0. The van der Waals surface area contributed by atoms with Gasteiger partial charge in [0.15, 0.2) is 17.6 Å². The maximum Gasteiger partial charge on any atom is 0.338 e. The lowest BCUT2D eigenvalue weighted by Crippen LogP contribution is -2.24. The van der Waals surface area contributed by atoms with Crippen LogP contribution < -0.4 is 9.47 Å². The number of esters is 1. The molecule has 1 aliphatic heterocycles. The number of rotatable bonds is 4. The van der Waals surface area contributed by atoms with E-state index in [2.05, 4.69) is 0 Å². The van der Waals surface area contributed by atoms with Gasteiger partial charge >= 0.3 is 5.97 Å². The monoisotopic (exact) mass is 338 g/mol. The first kappa shape index (κ1) is 15.7. The lowest BCUT2D eigenvalue weighted by Gasteiger charge is -2.13. The standard InChI is InChI=1S/C20H18O5/c1-12(19(21)15-6-5-13-3-2-4-14(13)9-15)25-20(22)16-7-8-17-18(10-16)24-11-23-17/h5-10,12H,2-4,11H2,1H3/t12-/m1/s1. The van der Waals surface area contributed by atoms with Crippen LogP contribution in [0.4, 0.5) is 0 Å². The first-order chi connectivity index (χ1) is 12.1. The summed E-state index contributed by atoms with van der Waals surface area (Å²) in [5, 5.41) is 0. The second-order valence-electron chi connectivity index (χ2n) is 6.32. The molecular weight excluding hydrogens is 320 g/mol. The fourth-order valence-electron chi connectivity index (χ4n) is 3.27. The molecular formula is C20H18O5. The van der Waals surface area contributed by atoms with Crippen molar-refractivity contribution in [1.29, 1.82) is 0 Å². The normalized spacial score (nSPS) is 15.6. The zero-order valence-electron chi connectivity index (χ0n) is 13.9. The average molecular weight is 338 g/mol. The highest BCUT2D eigenvalue weighted by molar-refractivity contribution is 6.01. The molecule has 1 heterocycles. The van der Waals surface area contributed by atoms with Crippen molar-refractivity contribution in [3.8, 4) is 11.5 Å². The molecule has 0 saturated heterocycles. The highest BCUT2D eigenvalue weighted by Crippen LogP contribution is 2.32. The number of hydrogen-bond donors (Lipinski definition) is 0. The number of fused-ring (bicyclic) bond motifs is 2. The molecule has 1 atom stereocenters. The predicted octanol–water partition coefficient (Wildman–Crippen LogP) is 3.33. The third kappa shape index (κ3) is 2.97. The van der Waals surface area contributed by atoms with Crippen LogP contribution in [-0.4, -0.2) is 24.6 Å². The van der Waals surface area contributed by atoms with Crippen LogP contribution in [0.25, 0.3) is 0 Å². The maximum atomic E-state index is 12.6. The number of aryl methyl sites for hydroxylation is 2. The molecule has 0 unspecified atom stereocenters. The molecule has 2 aliphatic rings. The minimum atomic E-state index is -0.850. The van der Waals surface area contributed by atoms with Gasteiger partial charge in [0.2, 0.25) is 12.6 Å². The third-order valence-electron chi connectivity index (χ3n) is 4.64. The second-order valence-corrected chi connectivity index (χ2v) is 6.32. The van der Waals surface area contributed by atoms with E-state index in [1.807, 2.05) is 18.2 Å². The average Bonchev–Trinajstić information content (AvgIpc) is 3.28. The van der Waals surface area contributed by atoms with Crippen LogP contribution in [0.2, 0.25) is 0 Å². The molecule has 128 valence electrons. The molecule has 25 heavy (non-hydrogen) atoms. The van der Waals surface area contributed by atoms with Gasteiger partial charge in [-0.25, -0.2) is 4.79 Å². The summed E-state index contributed by atoms with van der Waals surface area (Å²) in [7, 11) is 0. The summed E-state index contributed by atoms with van der Waals surface area (Å²) < 4.78 is 15.8. The molecule has 0 saturated carbocycles. The van der Waals surface area contributed by atoms with Crippen LogP contribution in [0.3, 0.4) is 0 Å². The summed E-state index contributed by atoms with van der Waals surface area (Å²) >= 11 is 0. The highest BCUT2D eigenvalue weighted by atomic mass is 16.7. The number of ketones is 1. The van der Waals surface area contributed by atoms with Gasteiger partial charge in [0.25, 0.3) is 0 Å². The summed E-state index contributed by atoms with van der Waals surface area (Å²) in [5.41, 5.74) is 3.45. The largest absolute Gasteiger partial charge is 0.454 e. The molecule has 0 aromatic heterocycles. The van der Waals surface area contributed by atoms with Crippen LogP contribution in [-0.2, 0) is 17.6 Å². The van der Waals surface area contributed by atoms with Crippen molar-refractivity contribution in [2.75, 3.05) is 6.79 Å². The Morgan fingerprint density at radius 2 is 1.72 bits per heavy atom. The van der Waals surface area contributed by atoms with E-state index in [1.54, 1.807) is 25.1 Å². The molecule has 5 heteroatoms. The Morgan fingerprint density at radius 1 is 0.960 bits per heavy atom. The summed E-state index contributed by atoms with van der Waals surface area (Å²) in [5.74, 6) is 0.356. The Morgan fingerprint density at radius 3 is 2.60 bits per heavy atom. The van der Waals surface area contributed by atoms with Crippen molar-refractivity contribution in [1.82, 2.24) is 0 Å². The first-order valence-electron chi connectivity index (χ1n) is 8.38. The van der Waals surface area contributed by atoms with Crippen molar-refractivity contribution in [3.05, 3.63) is 58.7 Å². The molecule has 0 fully saturated rings. The Bertz CT molecular complexity index is 855. The molecule has 2 aromatic rings. The van der Waals surface area contributed by atoms with Gasteiger partial charge < -0.3 is 14.2 Å². The quantitative estimate of drug-likeness (QED) is 0.632. The number of hydrogen-bond acceptors (Lipinski definition) is 5. The number of benzene rings is 2. The van der Waals surface area contributed by atoms with E-state index in [0.717, 1.165) is 19.3 Å². The number of ether oxygens (including phenoxy) is 3. The van der Waals surface area contributed by atoms with Crippen LogP contribution in [0.5, 0.6) is 11.5 Å². The van der Waals surface area contributed by atoms with Gasteiger partial charge in [-0.1, -0.05) is 12.1 Å². The van der Waals surface area contributed by atoms with E-state index in [0.29, 0.717) is 22.6 Å². The van der Waals surface area contributed by atoms with Gasteiger partial charge in [-0.05, 0) is 61.6 Å². The molecule has 0 N–H and O–H groups in total. The summed E-state index contributed by atoms with van der Waals surface area (Å²) in [4.78, 5) is 24.9. The van der Waals surface area contributed by atoms with Crippen LogP contribution >= 0.6 is 0 Å². The molecule has 0 radical (unpaired) electrons. The second kappa shape index (κ2) is 6.24. The summed E-state index contributed by atoms with van der Waals surface area (Å²) in [6.45, 7) is 1.74. The Hall–Kier alpha value is -2.82. The Labute approximate surface area is 145 Å². The van der Waals surface area contributed by atoms with Gasteiger partial charge in [-0.3, -0.25) is 4.79 Å². The zero-order valence-corrected chi connectivity index (χ0v) is 13.9. The van der Waals surface area contributed by atoms with Crippen LogP contribution in [0.1, 0.15) is 45.2 Å². The molecule has 0 bridgehead atoms. The van der Waals surface area contributed by atoms with Gasteiger partial charge in [0.05, 0.1) is 5.56 Å². The van der Waals surface area contributed by atoms with Gasteiger partial charge in [0, 0.05) is 5.56 Å². The number of carbonyl (C=O) groups is 2. The van der Waals surface area contributed by atoms with E-state index in [9.17, 15) is 9.59 Å². The Kier molecular flexibility index (Phi) is 3.92. The Balaban J connectivity index is 1.46. The van der Waals surface area contributed by atoms with Crippen LogP contribution in [0.15, 0.2) is 36.4 Å². The van der Waals surface area contributed by atoms with E-state index in [-0.39, 0.29) is 12.6 Å². The van der Waals surface area contributed by atoms with Crippen molar-refractivity contribution in [2.45, 2.75) is 32.3 Å². The molecule has 0 amide bonds. The minimum absolute atomic E-state index is 0.140. The van der Waals surface area contributed by atoms with Crippen molar-refractivity contribution in [2.24, 2.45) is 0 Å². The minimum Gasteiger partial charge on any atom is -0.454 e. The first-order valence-corrected chi connectivity index (χ1v) is 8.38. The summed E-state index contributed by atoms with van der Waals surface area (Å²) in [6.07, 6.45) is 2.35. The maximum absolute atomic E-state index is 12.6. The smallest absolute Gasteiger partial charge is 0.338 e. The van der Waals surface area contributed by atoms with Crippen molar-refractivity contribution in [3.63, 3.8) is 0 Å². The zero-order chi connectivity index (χ0) is 17.4. The fourth-order valence-corrected chi connectivity index (χ4v) is 3.27. The molecule has 1 aliphatic carbocycles. The van der Waals surface area contributed by atoms with E-state index in [4.69, 9.17) is 14.2 Å². The molecule has 2 aromatic carbocycles. The topological polar surface area (TPSA) is 61.8 Å². The predicted molar refractivity (Wildman–Crippen MR) is 90.2 cm³/mol. The van der Waals surface area contributed by atoms with E-state index in [1.165, 1.54) is 11.1 Å². The number of carbonyl (C=O) groups excluding carboxylic acids is 2. The molecule has 0 spiro atoms. The summed E-state index contributed by atoms with van der Waals surface area (Å²) in [6, 6.07) is 10.6. The van der Waals surface area contributed by atoms with Gasteiger partial charge in [-0.15, -0.1) is 0 Å². The molecule has 5 nitrogen and oxygen atoms in total. The highest BCUT2D eigenvalue weighted by Gasteiger charge is 2.23. The molecule has 4 rings (SSSR count). The lowest BCUT2D eigenvalue weighted by molar-refractivity contribution is 0.0318. The van der Waals surface area contributed by atoms with Crippen molar-refractivity contribution >= 4 is 11.8 Å². The van der Waals surface area contributed by atoms with E-state index >= 15 is 0 Å². The number of Topliss-reactive ketones (excluding diaryl/α,β-unsaturated/α-hetero) is 1. The SMILES string of the molecule is C[C@@H](OC(=O)c1ccc2c(c1)OCO2)C(=O)c1ccc2c(c1)CCC2. The van der Waals surface area contributed by atoms with E-state index < -0.39 is 12.1 Å². The van der Waals surface area contributed by atoms with Crippen molar-refractivity contribution < 1.29 is 23.8 Å². The van der Waals surface area contributed by atoms with Crippen LogP contribution in [0, 0.1) is 0 Å².